The molecule has 0 saturated carbocycles. The lowest BCUT2D eigenvalue weighted by Crippen LogP contribution is -1.96. The van der Waals surface area contributed by atoms with Gasteiger partial charge in [0.05, 0.1) is 16.7 Å². The summed E-state index contributed by atoms with van der Waals surface area (Å²) in [5.41, 5.74) is 4.46. The number of aromatic nitrogens is 3. The summed E-state index contributed by atoms with van der Waals surface area (Å²) in [6.45, 7) is 0. The van der Waals surface area contributed by atoms with Crippen molar-refractivity contribution in [2.24, 2.45) is 0 Å². The molecule has 128 valence electrons. The molecule has 0 spiro atoms. The van der Waals surface area contributed by atoms with Crippen LogP contribution >= 0.6 is 11.6 Å². The first-order valence-electron chi connectivity index (χ1n) is 8.67. The van der Waals surface area contributed by atoms with Crippen LogP contribution in [0.1, 0.15) is 0 Å². The molecule has 0 aliphatic heterocycles. The van der Waals surface area contributed by atoms with Crippen LogP contribution < -0.4 is 0 Å². The van der Waals surface area contributed by atoms with Crippen LogP contribution in [-0.2, 0) is 0 Å². The highest BCUT2D eigenvalue weighted by atomic mass is 35.5. The largest absolute Gasteiger partial charge is 0.244 e. The smallest absolute Gasteiger partial charge is 0.179 e. The van der Waals surface area contributed by atoms with Gasteiger partial charge in [0.1, 0.15) is 5.69 Å². The fourth-order valence-corrected chi connectivity index (χ4v) is 3.34. The minimum atomic E-state index is 0.615. The maximum atomic E-state index is 6.06. The van der Waals surface area contributed by atoms with E-state index in [2.05, 4.69) is 6.07 Å². The van der Waals surface area contributed by atoms with E-state index in [1.54, 1.807) is 0 Å². The predicted octanol–water partition coefficient (Wildman–Crippen LogP) is 6.17. The minimum Gasteiger partial charge on any atom is -0.244 e. The molecule has 4 heteroatoms. The Labute approximate surface area is 161 Å². The number of hydrogen-bond acceptors (Lipinski definition) is 3. The van der Waals surface area contributed by atoms with Crippen molar-refractivity contribution in [3.8, 4) is 22.8 Å². The number of fused-ring (bicyclic) bond motifs is 2. The Balaban J connectivity index is 1.76. The lowest BCUT2D eigenvalue weighted by atomic mass is 10.1. The van der Waals surface area contributed by atoms with Crippen molar-refractivity contribution in [1.29, 1.82) is 0 Å². The number of hydrogen-bond donors (Lipinski definition) is 0. The third-order valence-electron chi connectivity index (χ3n) is 4.55. The van der Waals surface area contributed by atoms with Crippen LogP contribution in [0.4, 0.5) is 0 Å². The van der Waals surface area contributed by atoms with Gasteiger partial charge in [-0.3, -0.25) is 0 Å². The third-order valence-corrected chi connectivity index (χ3v) is 4.80. The molecule has 0 bridgehead atoms. The van der Waals surface area contributed by atoms with Gasteiger partial charge in [0.25, 0.3) is 0 Å². The van der Waals surface area contributed by atoms with Crippen LogP contribution in [0.2, 0.25) is 5.02 Å². The van der Waals surface area contributed by atoms with Crippen molar-refractivity contribution in [3.05, 3.63) is 90.0 Å². The van der Waals surface area contributed by atoms with E-state index in [-0.39, 0.29) is 0 Å². The summed E-state index contributed by atoms with van der Waals surface area (Å²) in [4.78, 5) is 14.4. The lowest BCUT2D eigenvalue weighted by molar-refractivity contribution is 1.19. The molecule has 3 nitrogen and oxygen atoms in total. The van der Waals surface area contributed by atoms with Crippen molar-refractivity contribution in [2.75, 3.05) is 0 Å². The van der Waals surface area contributed by atoms with Crippen LogP contribution in [0.5, 0.6) is 0 Å². The number of benzene rings is 3. The molecule has 0 atom stereocenters. The molecule has 0 N–H and O–H groups in total. The average Bonchev–Trinajstić information content (AvgIpc) is 2.73. The van der Waals surface area contributed by atoms with Gasteiger partial charge in [-0.1, -0.05) is 66.2 Å². The van der Waals surface area contributed by atoms with Gasteiger partial charge in [-0.05, 0) is 30.3 Å². The first kappa shape index (κ1) is 15.9. The highest BCUT2D eigenvalue weighted by Crippen LogP contribution is 2.29. The van der Waals surface area contributed by atoms with Crippen LogP contribution in [-0.4, -0.2) is 15.0 Å². The van der Waals surface area contributed by atoms with E-state index in [0.29, 0.717) is 10.8 Å². The molecular formula is C23H14ClN3. The molecule has 0 fully saturated rings. The molecule has 0 amide bonds. The van der Waals surface area contributed by atoms with E-state index < -0.39 is 0 Å². The Morgan fingerprint density at radius 3 is 2.19 bits per heavy atom. The maximum Gasteiger partial charge on any atom is 0.179 e. The van der Waals surface area contributed by atoms with Gasteiger partial charge in [-0.15, -0.1) is 0 Å². The fourth-order valence-electron chi connectivity index (χ4n) is 3.21. The molecule has 0 saturated heterocycles. The average molecular weight is 368 g/mol. The molecule has 2 aromatic heterocycles. The SMILES string of the molecule is Clc1ccc(-c2nc(-c3ccc4ccccc4n3)nc3ccccc23)cc1. The number of halogens is 1. The molecule has 0 aliphatic rings. The second-order valence-electron chi connectivity index (χ2n) is 6.31. The molecule has 2 heterocycles. The van der Waals surface area contributed by atoms with E-state index in [9.17, 15) is 0 Å². The number of para-hydroxylation sites is 2. The predicted molar refractivity (Wildman–Crippen MR) is 111 cm³/mol. The standard InChI is InChI=1S/C23H14ClN3/c24-17-12-9-16(10-13-17)22-18-6-2-4-8-20(18)26-23(27-22)21-14-11-15-5-1-3-7-19(15)25-21/h1-14H. The topological polar surface area (TPSA) is 38.7 Å². The molecule has 5 rings (SSSR count). The van der Waals surface area contributed by atoms with Crippen LogP contribution in [0.15, 0.2) is 84.9 Å². The highest BCUT2D eigenvalue weighted by Gasteiger charge is 2.12. The Bertz CT molecular complexity index is 1280. The molecular weight excluding hydrogens is 354 g/mol. The molecule has 27 heavy (non-hydrogen) atoms. The van der Waals surface area contributed by atoms with Gasteiger partial charge in [0.2, 0.25) is 0 Å². The third kappa shape index (κ3) is 2.92. The van der Waals surface area contributed by atoms with E-state index in [4.69, 9.17) is 26.6 Å². The van der Waals surface area contributed by atoms with Crippen LogP contribution in [0, 0.1) is 0 Å². The number of pyridine rings is 1. The lowest BCUT2D eigenvalue weighted by Gasteiger charge is -2.09. The molecule has 0 unspecified atom stereocenters. The fraction of sp³-hybridized carbons (Fsp3) is 0. The molecule has 5 aromatic rings. The van der Waals surface area contributed by atoms with Crippen molar-refractivity contribution < 1.29 is 0 Å². The Morgan fingerprint density at radius 2 is 1.33 bits per heavy atom. The van der Waals surface area contributed by atoms with E-state index in [1.807, 2.05) is 78.9 Å². The highest BCUT2D eigenvalue weighted by molar-refractivity contribution is 6.30. The van der Waals surface area contributed by atoms with Gasteiger partial charge in [0.15, 0.2) is 5.82 Å². The minimum absolute atomic E-state index is 0.615. The summed E-state index contributed by atoms with van der Waals surface area (Å²) in [6.07, 6.45) is 0. The number of rotatable bonds is 2. The van der Waals surface area contributed by atoms with E-state index >= 15 is 0 Å². The van der Waals surface area contributed by atoms with E-state index in [1.165, 1.54) is 0 Å². The van der Waals surface area contributed by atoms with Crippen molar-refractivity contribution in [1.82, 2.24) is 15.0 Å². The van der Waals surface area contributed by atoms with Crippen LogP contribution in [0.25, 0.3) is 44.6 Å². The summed E-state index contributed by atoms with van der Waals surface area (Å²) in [7, 11) is 0. The zero-order valence-electron chi connectivity index (χ0n) is 14.3. The maximum absolute atomic E-state index is 6.06. The number of nitrogens with zero attached hydrogens (tertiary/aromatic N) is 3. The van der Waals surface area contributed by atoms with Crippen molar-refractivity contribution in [2.45, 2.75) is 0 Å². The molecule has 0 radical (unpaired) electrons. The van der Waals surface area contributed by atoms with Crippen molar-refractivity contribution in [3.63, 3.8) is 0 Å². The monoisotopic (exact) mass is 367 g/mol. The van der Waals surface area contributed by atoms with E-state index in [0.717, 1.165) is 38.8 Å². The Kier molecular flexibility index (Phi) is 3.80. The first-order valence-corrected chi connectivity index (χ1v) is 9.05. The van der Waals surface area contributed by atoms with Gasteiger partial charge < -0.3 is 0 Å². The van der Waals surface area contributed by atoms with Gasteiger partial charge in [-0.2, -0.15) is 0 Å². The summed E-state index contributed by atoms with van der Waals surface area (Å²) in [5, 5.41) is 2.80. The normalized spacial score (nSPS) is 11.1. The van der Waals surface area contributed by atoms with Gasteiger partial charge >= 0.3 is 0 Å². The van der Waals surface area contributed by atoms with Gasteiger partial charge in [-0.25, -0.2) is 15.0 Å². The van der Waals surface area contributed by atoms with Gasteiger partial charge in [0, 0.05) is 21.4 Å². The summed E-state index contributed by atoms with van der Waals surface area (Å²) >= 11 is 6.06. The quantitative estimate of drug-likeness (QED) is 0.374. The van der Waals surface area contributed by atoms with Crippen molar-refractivity contribution >= 4 is 33.4 Å². The zero-order chi connectivity index (χ0) is 18.2. The summed E-state index contributed by atoms with van der Waals surface area (Å²) in [5.74, 6) is 0.615. The first-order chi connectivity index (χ1) is 13.3. The Morgan fingerprint density at radius 1 is 0.593 bits per heavy atom. The second-order valence-corrected chi connectivity index (χ2v) is 6.75. The summed E-state index contributed by atoms with van der Waals surface area (Å²) < 4.78 is 0. The molecule has 3 aromatic carbocycles. The summed E-state index contributed by atoms with van der Waals surface area (Å²) in [6, 6.07) is 27.8. The Hall–Kier alpha value is -3.30. The van der Waals surface area contributed by atoms with Crippen LogP contribution in [0.3, 0.4) is 0 Å². The molecule has 0 aliphatic carbocycles. The second kappa shape index (κ2) is 6.45. The zero-order valence-corrected chi connectivity index (χ0v) is 15.1.